The van der Waals surface area contributed by atoms with Crippen LogP contribution in [0.5, 0.6) is 0 Å². The van der Waals surface area contributed by atoms with Gasteiger partial charge in [-0.15, -0.1) is 0 Å². The van der Waals surface area contributed by atoms with Gasteiger partial charge in [-0.2, -0.15) is 0 Å². The summed E-state index contributed by atoms with van der Waals surface area (Å²) in [7, 11) is 0. The molecule has 1 amide bonds. The summed E-state index contributed by atoms with van der Waals surface area (Å²) in [6.07, 6.45) is 6.61. The Bertz CT molecular complexity index is 622. The van der Waals surface area contributed by atoms with E-state index < -0.39 is 0 Å². The summed E-state index contributed by atoms with van der Waals surface area (Å²) in [5.41, 5.74) is 0.706. The van der Waals surface area contributed by atoms with E-state index in [4.69, 9.17) is 4.74 Å². The molecular weight excluding hydrogens is 340 g/mol. The van der Waals surface area contributed by atoms with Gasteiger partial charge in [0.15, 0.2) is 0 Å². The number of rotatable bonds is 3. The number of aromatic nitrogens is 1. The van der Waals surface area contributed by atoms with Gasteiger partial charge in [-0.3, -0.25) is 9.69 Å². The number of carbonyl (C=O) groups excluding carboxylic acids is 1. The third kappa shape index (κ3) is 4.43. The average Bonchev–Trinajstić information content (AvgIpc) is 2.74. The Balaban J connectivity index is 1.31. The summed E-state index contributed by atoms with van der Waals surface area (Å²) in [4.78, 5) is 24.3. The predicted octanol–water partition coefficient (Wildman–Crippen LogP) is 2.25. The van der Waals surface area contributed by atoms with E-state index in [0.29, 0.717) is 11.6 Å². The number of pyridine rings is 1. The van der Waals surface area contributed by atoms with Gasteiger partial charge in [0.05, 0.1) is 18.8 Å². The lowest BCUT2D eigenvalue weighted by atomic mass is 9.95. The van der Waals surface area contributed by atoms with Crippen molar-refractivity contribution >= 4 is 11.7 Å². The third-order valence-corrected chi connectivity index (χ3v) is 6.29. The van der Waals surface area contributed by atoms with E-state index >= 15 is 0 Å². The van der Waals surface area contributed by atoms with Crippen molar-refractivity contribution in [2.45, 2.75) is 38.6 Å². The molecule has 6 heteroatoms. The smallest absolute Gasteiger partial charge is 0.255 e. The van der Waals surface area contributed by atoms with Gasteiger partial charge in [-0.05, 0) is 50.3 Å². The molecule has 1 atom stereocenters. The maximum atomic E-state index is 12.9. The first kappa shape index (κ1) is 18.7. The van der Waals surface area contributed by atoms with E-state index in [1.54, 1.807) is 6.20 Å². The van der Waals surface area contributed by atoms with Crippen molar-refractivity contribution in [3.63, 3.8) is 0 Å². The molecule has 4 rings (SSSR count). The number of ether oxygens (including phenoxy) is 1. The molecule has 3 saturated heterocycles. The predicted molar refractivity (Wildman–Crippen MR) is 106 cm³/mol. The van der Waals surface area contributed by atoms with Crippen LogP contribution in [0.3, 0.4) is 0 Å². The molecule has 0 bridgehead atoms. The number of carbonyl (C=O) groups is 1. The van der Waals surface area contributed by atoms with E-state index in [9.17, 15) is 4.79 Å². The topological polar surface area (TPSA) is 48.9 Å². The van der Waals surface area contributed by atoms with Crippen LogP contribution in [-0.2, 0) is 4.74 Å². The largest absolute Gasteiger partial charge is 0.378 e. The van der Waals surface area contributed by atoms with E-state index in [-0.39, 0.29) is 5.91 Å². The normalized spacial score (nSPS) is 25.6. The lowest BCUT2D eigenvalue weighted by Crippen LogP contribution is -2.49. The maximum Gasteiger partial charge on any atom is 0.255 e. The van der Waals surface area contributed by atoms with Gasteiger partial charge in [-0.1, -0.05) is 6.92 Å². The fourth-order valence-electron chi connectivity index (χ4n) is 4.67. The highest BCUT2D eigenvalue weighted by Gasteiger charge is 2.29. The van der Waals surface area contributed by atoms with Crippen molar-refractivity contribution in [1.29, 1.82) is 0 Å². The van der Waals surface area contributed by atoms with E-state index in [0.717, 1.165) is 64.0 Å². The average molecular weight is 373 g/mol. The van der Waals surface area contributed by atoms with Crippen molar-refractivity contribution in [2.75, 3.05) is 57.4 Å². The number of hydrogen-bond acceptors (Lipinski definition) is 5. The van der Waals surface area contributed by atoms with Crippen molar-refractivity contribution in [1.82, 2.24) is 14.8 Å². The Hall–Kier alpha value is -1.66. The van der Waals surface area contributed by atoms with Crippen LogP contribution in [0.25, 0.3) is 0 Å². The first-order chi connectivity index (χ1) is 13.2. The zero-order valence-electron chi connectivity index (χ0n) is 16.5. The number of amides is 1. The van der Waals surface area contributed by atoms with Gasteiger partial charge in [-0.25, -0.2) is 4.98 Å². The van der Waals surface area contributed by atoms with Gasteiger partial charge in [0.1, 0.15) is 5.82 Å². The molecule has 3 aliphatic heterocycles. The number of piperidine rings is 2. The zero-order chi connectivity index (χ0) is 18.6. The second kappa shape index (κ2) is 8.57. The van der Waals surface area contributed by atoms with Crippen LogP contribution < -0.4 is 4.90 Å². The molecule has 3 aliphatic rings. The lowest BCUT2D eigenvalue weighted by molar-refractivity contribution is 0.0541. The first-order valence-electron chi connectivity index (χ1n) is 10.5. The third-order valence-electron chi connectivity index (χ3n) is 6.29. The molecule has 0 N–H and O–H groups in total. The quantitative estimate of drug-likeness (QED) is 0.815. The van der Waals surface area contributed by atoms with Crippen LogP contribution in [0.2, 0.25) is 0 Å². The van der Waals surface area contributed by atoms with Gasteiger partial charge >= 0.3 is 0 Å². The van der Waals surface area contributed by atoms with Gasteiger partial charge in [0, 0.05) is 45.0 Å². The van der Waals surface area contributed by atoms with E-state index in [2.05, 4.69) is 21.7 Å². The van der Waals surface area contributed by atoms with Gasteiger partial charge in [0.2, 0.25) is 0 Å². The Kier molecular flexibility index (Phi) is 5.93. The summed E-state index contributed by atoms with van der Waals surface area (Å²) in [6, 6.07) is 4.55. The molecular formula is C21H32N4O2. The van der Waals surface area contributed by atoms with Crippen molar-refractivity contribution < 1.29 is 9.53 Å². The highest BCUT2D eigenvalue weighted by atomic mass is 16.5. The molecule has 0 spiro atoms. The molecule has 148 valence electrons. The molecule has 0 aromatic carbocycles. The fourth-order valence-corrected chi connectivity index (χ4v) is 4.67. The van der Waals surface area contributed by atoms with Gasteiger partial charge in [0.25, 0.3) is 5.91 Å². The minimum absolute atomic E-state index is 0.126. The standard InChI is InChI=1S/C21H32N4O2/c1-17-3-2-8-25(16-17)19-6-9-24(10-7-19)21(26)18-4-5-20(22-15-18)23-11-13-27-14-12-23/h4-5,15,17,19H,2-3,6-14,16H2,1H3. The molecule has 27 heavy (non-hydrogen) atoms. The molecule has 0 saturated carbocycles. The zero-order valence-corrected chi connectivity index (χ0v) is 16.5. The maximum absolute atomic E-state index is 12.9. The van der Waals surface area contributed by atoms with Crippen molar-refractivity contribution in [3.05, 3.63) is 23.9 Å². The second-order valence-corrected chi connectivity index (χ2v) is 8.27. The Morgan fingerprint density at radius 3 is 2.52 bits per heavy atom. The van der Waals surface area contributed by atoms with E-state index in [1.165, 1.54) is 25.9 Å². The Morgan fingerprint density at radius 2 is 1.85 bits per heavy atom. The van der Waals surface area contributed by atoms with Crippen molar-refractivity contribution in [3.8, 4) is 0 Å². The van der Waals surface area contributed by atoms with Crippen LogP contribution in [-0.4, -0.2) is 79.2 Å². The summed E-state index contributed by atoms with van der Waals surface area (Å²) in [5.74, 6) is 1.88. The van der Waals surface area contributed by atoms with Gasteiger partial charge < -0.3 is 14.5 Å². The van der Waals surface area contributed by atoms with Crippen LogP contribution in [0, 0.1) is 5.92 Å². The summed E-state index contributed by atoms with van der Waals surface area (Å²) in [6.45, 7) is 9.76. The number of anilines is 1. The van der Waals surface area contributed by atoms with Crippen molar-refractivity contribution in [2.24, 2.45) is 5.92 Å². The SMILES string of the molecule is CC1CCCN(C2CCN(C(=O)c3ccc(N4CCOCC4)nc3)CC2)C1. The monoisotopic (exact) mass is 372 g/mol. The minimum atomic E-state index is 0.126. The molecule has 0 radical (unpaired) electrons. The summed E-state index contributed by atoms with van der Waals surface area (Å²) < 4.78 is 5.39. The Morgan fingerprint density at radius 1 is 1.07 bits per heavy atom. The summed E-state index contributed by atoms with van der Waals surface area (Å²) in [5, 5.41) is 0. The Labute approximate surface area is 162 Å². The first-order valence-corrected chi connectivity index (χ1v) is 10.5. The van der Waals surface area contributed by atoms with Crippen LogP contribution in [0.1, 0.15) is 43.0 Å². The molecule has 1 unspecified atom stereocenters. The fraction of sp³-hybridized carbons (Fsp3) is 0.714. The molecule has 1 aromatic heterocycles. The molecule has 0 aliphatic carbocycles. The lowest BCUT2D eigenvalue weighted by Gasteiger charge is -2.41. The minimum Gasteiger partial charge on any atom is -0.378 e. The molecule has 1 aromatic rings. The van der Waals surface area contributed by atoms with Crippen LogP contribution in [0.4, 0.5) is 5.82 Å². The molecule has 6 nitrogen and oxygen atoms in total. The van der Waals surface area contributed by atoms with E-state index in [1.807, 2.05) is 17.0 Å². The number of likely N-dealkylation sites (tertiary alicyclic amines) is 2. The van der Waals surface area contributed by atoms with Crippen LogP contribution in [0.15, 0.2) is 18.3 Å². The number of nitrogens with zero attached hydrogens (tertiary/aromatic N) is 4. The number of morpholine rings is 1. The molecule has 3 fully saturated rings. The highest BCUT2D eigenvalue weighted by Crippen LogP contribution is 2.24. The second-order valence-electron chi connectivity index (χ2n) is 8.27. The summed E-state index contributed by atoms with van der Waals surface area (Å²) >= 11 is 0. The van der Waals surface area contributed by atoms with Crippen LogP contribution >= 0.6 is 0 Å². The number of hydrogen-bond donors (Lipinski definition) is 0. The molecule has 4 heterocycles. The highest BCUT2D eigenvalue weighted by molar-refractivity contribution is 5.94.